The molecule has 1 aliphatic heterocycles. The molecule has 7 nitrogen and oxygen atoms in total. The highest BCUT2D eigenvalue weighted by Crippen LogP contribution is 2.28. The lowest BCUT2D eigenvalue weighted by Crippen LogP contribution is -2.56. The zero-order valence-electron chi connectivity index (χ0n) is 12.9. The van der Waals surface area contributed by atoms with Gasteiger partial charge in [0.2, 0.25) is 5.91 Å². The highest BCUT2D eigenvalue weighted by molar-refractivity contribution is 7.87. The van der Waals surface area contributed by atoms with E-state index in [1.54, 1.807) is 11.4 Å². The molecule has 11 heteroatoms. The predicted molar refractivity (Wildman–Crippen MR) is 93.1 cm³/mol. The van der Waals surface area contributed by atoms with Crippen LogP contribution in [0.2, 0.25) is 5.02 Å². The van der Waals surface area contributed by atoms with E-state index in [1.807, 2.05) is 0 Å². The van der Waals surface area contributed by atoms with Gasteiger partial charge in [-0.25, -0.2) is 4.39 Å². The quantitative estimate of drug-likeness (QED) is 0.820. The van der Waals surface area contributed by atoms with Crippen LogP contribution in [0.4, 0.5) is 10.1 Å². The zero-order valence-corrected chi connectivity index (χ0v) is 15.3. The lowest BCUT2D eigenvalue weighted by atomic mass is 10.0. The van der Waals surface area contributed by atoms with Crippen LogP contribution in [-0.2, 0) is 15.0 Å². The van der Waals surface area contributed by atoms with E-state index in [0.717, 1.165) is 10.4 Å². The van der Waals surface area contributed by atoms with Gasteiger partial charge in [-0.3, -0.25) is 4.79 Å². The molecule has 1 amide bonds. The van der Waals surface area contributed by atoms with E-state index < -0.39 is 34.0 Å². The van der Waals surface area contributed by atoms with Gasteiger partial charge >= 0.3 is 0 Å². The third kappa shape index (κ3) is 3.82. The maximum absolute atomic E-state index is 13.2. The van der Waals surface area contributed by atoms with Gasteiger partial charge in [0.1, 0.15) is 11.9 Å². The van der Waals surface area contributed by atoms with Crippen molar-refractivity contribution in [2.45, 2.75) is 18.5 Å². The molecule has 1 saturated heterocycles. The van der Waals surface area contributed by atoms with Crippen molar-refractivity contribution in [2.75, 3.05) is 12.4 Å². The van der Waals surface area contributed by atoms with Gasteiger partial charge in [0, 0.05) is 18.1 Å². The molecule has 0 bridgehead atoms. The molecule has 1 fully saturated rings. The maximum atomic E-state index is 13.2. The number of hydrogen-bond acceptors (Lipinski definition) is 5. The Kier molecular flexibility index (Phi) is 5.07. The van der Waals surface area contributed by atoms with Crippen LogP contribution in [0.15, 0.2) is 29.6 Å². The molecule has 2 atom stereocenters. The van der Waals surface area contributed by atoms with Crippen molar-refractivity contribution in [2.24, 2.45) is 0 Å². The Morgan fingerprint density at radius 2 is 2.24 bits per heavy atom. The van der Waals surface area contributed by atoms with Crippen LogP contribution in [0, 0.1) is 5.82 Å². The normalized spacial score (nSPS) is 23.3. The number of halogens is 2. The number of aromatic nitrogens is 1. The summed E-state index contributed by atoms with van der Waals surface area (Å²) in [7, 11) is -2.52. The van der Waals surface area contributed by atoms with Crippen LogP contribution >= 0.6 is 23.1 Å². The molecule has 0 saturated carbocycles. The number of amides is 1. The van der Waals surface area contributed by atoms with Crippen LogP contribution in [0.25, 0.3) is 0 Å². The minimum absolute atomic E-state index is 0.135. The summed E-state index contributed by atoms with van der Waals surface area (Å²) in [4.78, 5) is 12.6. The van der Waals surface area contributed by atoms with E-state index in [-0.39, 0.29) is 17.1 Å². The summed E-state index contributed by atoms with van der Waals surface area (Å²) in [6, 6.07) is 3.91. The molecule has 0 aliphatic carbocycles. The third-order valence-corrected chi connectivity index (χ3v) is 6.33. The monoisotopic (exact) mass is 404 g/mol. The van der Waals surface area contributed by atoms with E-state index >= 15 is 0 Å². The molecule has 0 radical (unpaired) electrons. The van der Waals surface area contributed by atoms with Crippen LogP contribution in [0.1, 0.15) is 18.2 Å². The molecule has 2 aromatic rings. The topological polar surface area (TPSA) is 91.4 Å². The fraction of sp³-hybridized carbons (Fsp3) is 0.286. The summed E-state index contributed by atoms with van der Waals surface area (Å²) in [5.41, 5.74) is 0.843. The number of hydrogen-bond donors (Lipinski definition) is 2. The minimum atomic E-state index is -3.84. The van der Waals surface area contributed by atoms with E-state index in [1.165, 1.54) is 30.7 Å². The second-order valence-corrected chi connectivity index (χ2v) is 8.32. The molecule has 3 rings (SSSR count). The number of nitrogens with zero attached hydrogens (tertiary/aromatic N) is 2. The lowest BCUT2D eigenvalue weighted by Gasteiger charge is -2.35. The van der Waals surface area contributed by atoms with Crippen LogP contribution < -0.4 is 10.0 Å². The first kappa shape index (κ1) is 18.2. The average Bonchev–Trinajstić information content (AvgIpc) is 3.07. The van der Waals surface area contributed by atoms with Crippen molar-refractivity contribution in [3.05, 3.63) is 46.2 Å². The van der Waals surface area contributed by atoms with Gasteiger partial charge in [-0.1, -0.05) is 11.6 Å². The average molecular weight is 405 g/mol. The smallest absolute Gasteiger partial charge is 0.280 e. The van der Waals surface area contributed by atoms with Crippen LogP contribution in [0.5, 0.6) is 0 Å². The minimum Gasteiger partial charge on any atom is -0.325 e. The molecule has 2 unspecified atom stereocenters. The SMILES string of the molecule is CN1C(C(=O)Nc2ccc(F)c(Cl)c2)CC(c2ccsn2)NS1(=O)=O. The highest BCUT2D eigenvalue weighted by atomic mass is 35.5. The Labute approximate surface area is 153 Å². The first-order valence-corrected chi connectivity index (χ1v) is 9.85. The summed E-state index contributed by atoms with van der Waals surface area (Å²) >= 11 is 6.90. The molecule has 134 valence electrons. The number of rotatable bonds is 3. The highest BCUT2D eigenvalue weighted by Gasteiger charge is 2.41. The molecule has 1 aliphatic rings. The van der Waals surface area contributed by atoms with Crippen molar-refractivity contribution in [1.29, 1.82) is 0 Å². The van der Waals surface area contributed by atoms with Crippen molar-refractivity contribution >= 4 is 44.9 Å². The van der Waals surface area contributed by atoms with Gasteiger partial charge in [-0.05, 0) is 42.2 Å². The molecule has 2 heterocycles. The van der Waals surface area contributed by atoms with Gasteiger partial charge in [0.15, 0.2) is 0 Å². The second-order valence-electron chi connectivity index (χ2n) is 5.49. The molecule has 0 spiro atoms. The zero-order chi connectivity index (χ0) is 18.2. The van der Waals surface area contributed by atoms with Crippen molar-refractivity contribution in [1.82, 2.24) is 13.4 Å². The fourth-order valence-electron chi connectivity index (χ4n) is 2.50. The van der Waals surface area contributed by atoms with Gasteiger partial charge in [-0.2, -0.15) is 21.8 Å². The molecule has 25 heavy (non-hydrogen) atoms. The molecule has 1 aromatic heterocycles. The number of nitrogens with one attached hydrogen (secondary N) is 2. The number of anilines is 1. The number of benzene rings is 1. The van der Waals surface area contributed by atoms with E-state index in [9.17, 15) is 17.6 Å². The lowest BCUT2D eigenvalue weighted by molar-refractivity contribution is -0.120. The molecule has 2 N–H and O–H groups in total. The largest absolute Gasteiger partial charge is 0.325 e. The summed E-state index contributed by atoms with van der Waals surface area (Å²) in [6.45, 7) is 0. The summed E-state index contributed by atoms with van der Waals surface area (Å²) in [5.74, 6) is -1.14. The predicted octanol–water partition coefficient (Wildman–Crippen LogP) is 2.15. The first-order chi connectivity index (χ1) is 11.8. The maximum Gasteiger partial charge on any atom is 0.280 e. The van der Waals surface area contributed by atoms with Gasteiger partial charge in [0.25, 0.3) is 10.2 Å². The van der Waals surface area contributed by atoms with E-state index in [2.05, 4.69) is 14.4 Å². The van der Waals surface area contributed by atoms with Crippen molar-refractivity contribution < 1.29 is 17.6 Å². The Hall–Kier alpha value is -1.59. The standard InChI is InChI=1S/C14H14ClFN4O3S2/c1-20-13(14(21)17-8-2-3-10(16)9(15)6-8)7-12(19-25(20,22)23)11-4-5-24-18-11/h2-6,12-13,19H,7H2,1H3,(H,17,21). The summed E-state index contributed by atoms with van der Waals surface area (Å²) in [5, 5.41) is 4.17. The van der Waals surface area contributed by atoms with Crippen LogP contribution in [-0.4, -0.2) is 36.1 Å². The molecular weight excluding hydrogens is 391 g/mol. The summed E-state index contributed by atoms with van der Waals surface area (Å²) in [6.07, 6.45) is 0.209. The third-order valence-electron chi connectivity index (χ3n) is 3.87. The molecule has 1 aromatic carbocycles. The van der Waals surface area contributed by atoms with E-state index in [0.29, 0.717) is 5.69 Å². The van der Waals surface area contributed by atoms with E-state index in [4.69, 9.17) is 11.6 Å². The Morgan fingerprint density at radius 3 is 2.88 bits per heavy atom. The number of likely N-dealkylation sites (N-methyl/N-ethyl adjacent to an activating group) is 1. The second kappa shape index (κ2) is 6.96. The molecular formula is C14H14ClFN4O3S2. The number of carbonyl (C=O) groups is 1. The van der Waals surface area contributed by atoms with Gasteiger partial charge in [-0.15, -0.1) is 0 Å². The fourth-order valence-corrected chi connectivity index (χ4v) is 4.52. The Bertz CT molecular complexity index is 891. The van der Waals surface area contributed by atoms with Crippen molar-refractivity contribution in [3.8, 4) is 0 Å². The Balaban J connectivity index is 1.83. The van der Waals surface area contributed by atoms with Crippen LogP contribution in [0.3, 0.4) is 0 Å². The summed E-state index contributed by atoms with van der Waals surface area (Å²) < 4.78 is 45.4. The van der Waals surface area contributed by atoms with Crippen molar-refractivity contribution in [3.63, 3.8) is 0 Å². The number of carbonyl (C=O) groups excluding carboxylic acids is 1. The first-order valence-electron chi connectivity index (χ1n) is 7.19. The Morgan fingerprint density at radius 1 is 1.48 bits per heavy atom. The van der Waals surface area contributed by atoms with Gasteiger partial charge < -0.3 is 5.32 Å². The van der Waals surface area contributed by atoms with Gasteiger partial charge in [0.05, 0.1) is 16.8 Å².